The summed E-state index contributed by atoms with van der Waals surface area (Å²) in [5, 5.41) is 19.1. The number of carboxylic acids is 1. The Morgan fingerprint density at radius 1 is 0.632 bits per heavy atom. The largest absolute Gasteiger partial charge is 0.478 e. The second-order valence-corrected chi connectivity index (χ2v) is 9.36. The van der Waals surface area contributed by atoms with Crippen LogP contribution < -0.4 is 0 Å². The first kappa shape index (κ1) is 35.3. The number of aliphatic carboxylic acids is 1. The summed E-state index contributed by atoms with van der Waals surface area (Å²) >= 11 is 0. The molecule has 0 amide bonds. The zero-order chi connectivity index (χ0) is 28.8. The standard InChI is InChI=1S/C27H46O11/c1-4-5-6-7-8-9-10-11-12-13-14-15-16-17-23(31)35-18-22(30)19-36-27(34)25(38-21(3)29)24(26(32)33)37-20(2)28/h22,24-25,30H,4-19H2,1-3H3,(H,32,33). The van der Waals surface area contributed by atoms with E-state index in [1.54, 1.807) is 0 Å². The molecule has 0 saturated heterocycles. The smallest absolute Gasteiger partial charge is 0.352 e. The monoisotopic (exact) mass is 546 g/mol. The summed E-state index contributed by atoms with van der Waals surface area (Å²) in [7, 11) is 0. The SMILES string of the molecule is CCCCCCCCCCCCCCCC(=O)OCC(O)COC(=O)C(OC(C)=O)C(OC(C)=O)C(=O)O. The van der Waals surface area contributed by atoms with Gasteiger partial charge in [0.15, 0.2) is 0 Å². The molecule has 0 rings (SSSR count). The molecule has 0 saturated carbocycles. The Bertz CT molecular complexity index is 707. The first-order valence-corrected chi connectivity index (χ1v) is 13.7. The number of carbonyl (C=O) groups is 5. The number of esters is 4. The van der Waals surface area contributed by atoms with Gasteiger partial charge in [0, 0.05) is 20.3 Å². The second-order valence-electron chi connectivity index (χ2n) is 9.36. The number of aliphatic hydroxyl groups is 1. The van der Waals surface area contributed by atoms with Gasteiger partial charge in [-0.3, -0.25) is 14.4 Å². The van der Waals surface area contributed by atoms with E-state index in [1.165, 1.54) is 57.8 Å². The highest BCUT2D eigenvalue weighted by Crippen LogP contribution is 2.13. The summed E-state index contributed by atoms with van der Waals surface area (Å²) < 4.78 is 18.9. The van der Waals surface area contributed by atoms with Crippen LogP contribution >= 0.6 is 0 Å². The third kappa shape index (κ3) is 19.4. The molecule has 11 heteroatoms. The number of aliphatic hydroxyl groups excluding tert-OH is 1. The minimum atomic E-state index is -2.13. The molecule has 0 fully saturated rings. The van der Waals surface area contributed by atoms with Crippen molar-refractivity contribution in [1.29, 1.82) is 0 Å². The van der Waals surface area contributed by atoms with E-state index >= 15 is 0 Å². The Morgan fingerprint density at radius 3 is 1.50 bits per heavy atom. The van der Waals surface area contributed by atoms with Gasteiger partial charge in [-0.2, -0.15) is 0 Å². The van der Waals surface area contributed by atoms with Crippen LogP contribution in [0.1, 0.15) is 111 Å². The molecule has 0 aromatic carbocycles. The summed E-state index contributed by atoms with van der Waals surface area (Å²) in [5.41, 5.74) is 0. The summed E-state index contributed by atoms with van der Waals surface area (Å²) in [6.45, 7) is 2.98. The van der Waals surface area contributed by atoms with E-state index in [1.807, 2.05) is 0 Å². The number of carbonyl (C=O) groups excluding carboxylic acids is 4. The Balaban J connectivity index is 4.06. The van der Waals surface area contributed by atoms with Crippen LogP contribution in [0.15, 0.2) is 0 Å². The van der Waals surface area contributed by atoms with Crippen LogP contribution in [0.2, 0.25) is 0 Å². The highest BCUT2D eigenvalue weighted by molar-refractivity contribution is 5.88. The van der Waals surface area contributed by atoms with Crippen molar-refractivity contribution in [2.45, 2.75) is 129 Å². The van der Waals surface area contributed by atoms with Crippen molar-refractivity contribution >= 4 is 29.8 Å². The molecule has 38 heavy (non-hydrogen) atoms. The molecule has 0 aliphatic carbocycles. The number of rotatable bonds is 23. The minimum Gasteiger partial charge on any atom is -0.478 e. The van der Waals surface area contributed by atoms with Gasteiger partial charge in [0.1, 0.15) is 19.3 Å². The lowest BCUT2D eigenvalue weighted by molar-refractivity contribution is -0.189. The number of carboxylic acid groups (broad SMARTS) is 1. The number of ether oxygens (including phenoxy) is 4. The van der Waals surface area contributed by atoms with E-state index in [4.69, 9.17) is 9.47 Å². The Kier molecular flexibility index (Phi) is 20.7. The fraction of sp³-hybridized carbons (Fsp3) is 0.815. The van der Waals surface area contributed by atoms with E-state index in [0.717, 1.165) is 33.1 Å². The van der Waals surface area contributed by atoms with E-state index < -0.39 is 61.4 Å². The molecule has 0 heterocycles. The van der Waals surface area contributed by atoms with Gasteiger partial charge in [0.25, 0.3) is 0 Å². The summed E-state index contributed by atoms with van der Waals surface area (Å²) in [4.78, 5) is 57.8. The van der Waals surface area contributed by atoms with Crippen LogP contribution in [0.25, 0.3) is 0 Å². The number of hydrogen-bond acceptors (Lipinski definition) is 10. The fourth-order valence-electron chi connectivity index (χ4n) is 3.69. The molecule has 220 valence electrons. The second kappa shape index (κ2) is 22.3. The predicted octanol–water partition coefficient (Wildman–Crippen LogP) is 3.86. The molecule has 0 aliphatic heterocycles. The van der Waals surface area contributed by atoms with Crippen LogP contribution in [0.5, 0.6) is 0 Å². The first-order valence-electron chi connectivity index (χ1n) is 13.7. The molecule has 3 atom stereocenters. The van der Waals surface area contributed by atoms with Crippen LogP contribution in [0.4, 0.5) is 0 Å². The van der Waals surface area contributed by atoms with E-state index in [2.05, 4.69) is 16.4 Å². The topological polar surface area (TPSA) is 163 Å². The lowest BCUT2D eigenvalue weighted by Gasteiger charge is -2.22. The van der Waals surface area contributed by atoms with E-state index in [9.17, 15) is 34.2 Å². The molecular weight excluding hydrogens is 500 g/mol. The van der Waals surface area contributed by atoms with Gasteiger partial charge >= 0.3 is 29.8 Å². The molecule has 0 aromatic rings. The Hall–Kier alpha value is -2.69. The average molecular weight is 547 g/mol. The summed E-state index contributed by atoms with van der Waals surface area (Å²) in [6.07, 6.45) is 10.1. The van der Waals surface area contributed by atoms with Gasteiger partial charge in [0.05, 0.1) is 0 Å². The van der Waals surface area contributed by atoms with Crippen molar-refractivity contribution in [3.05, 3.63) is 0 Å². The molecule has 0 bridgehead atoms. The van der Waals surface area contributed by atoms with Crippen molar-refractivity contribution in [2.24, 2.45) is 0 Å². The molecule has 0 radical (unpaired) electrons. The lowest BCUT2D eigenvalue weighted by atomic mass is 10.0. The molecule has 0 aliphatic rings. The van der Waals surface area contributed by atoms with E-state index in [0.29, 0.717) is 6.42 Å². The molecule has 0 spiro atoms. The van der Waals surface area contributed by atoms with Crippen molar-refractivity contribution in [3.8, 4) is 0 Å². The highest BCUT2D eigenvalue weighted by atomic mass is 16.6. The quantitative estimate of drug-likeness (QED) is 0.109. The zero-order valence-corrected chi connectivity index (χ0v) is 23.1. The minimum absolute atomic E-state index is 0.210. The van der Waals surface area contributed by atoms with Gasteiger partial charge in [-0.05, 0) is 6.42 Å². The lowest BCUT2D eigenvalue weighted by Crippen LogP contribution is -2.46. The van der Waals surface area contributed by atoms with Gasteiger partial charge in [-0.25, -0.2) is 9.59 Å². The molecule has 2 N–H and O–H groups in total. The third-order valence-electron chi connectivity index (χ3n) is 5.68. The Morgan fingerprint density at radius 2 is 1.05 bits per heavy atom. The van der Waals surface area contributed by atoms with Crippen molar-refractivity contribution < 1.29 is 53.1 Å². The Labute approximate surface area is 225 Å². The maximum Gasteiger partial charge on any atom is 0.352 e. The molecule has 11 nitrogen and oxygen atoms in total. The van der Waals surface area contributed by atoms with E-state index in [-0.39, 0.29) is 6.42 Å². The molecule has 3 unspecified atom stereocenters. The van der Waals surface area contributed by atoms with Gasteiger partial charge < -0.3 is 29.2 Å². The van der Waals surface area contributed by atoms with Crippen LogP contribution in [0.3, 0.4) is 0 Å². The molecular formula is C27H46O11. The zero-order valence-electron chi connectivity index (χ0n) is 23.1. The third-order valence-corrected chi connectivity index (χ3v) is 5.68. The maximum absolute atomic E-state index is 12.2. The van der Waals surface area contributed by atoms with Crippen LogP contribution in [0, 0.1) is 0 Å². The van der Waals surface area contributed by atoms with Crippen molar-refractivity contribution in [2.75, 3.05) is 13.2 Å². The van der Waals surface area contributed by atoms with Gasteiger partial charge in [0.2, 0.25) is 12.2 Å². The van der Waals surface area contributed by atoms with Crippen molar-refractivity contribution in [3.63, 3.8) is 0 Å². The molecule has 0 aromatic heterocycles. The summed E-state index contributed by atoms with van der Waals surface area (Å²) in [6, 6.07) is 0. The van der Waals surface area contributed by atoms with Crippen molar-refractivity contribution in [1.82, 2.24) is 0 Å². The fourth-order valence-corrected chi connectivity index (χ4v) is 3.69. The number of hydrogen-bond donors (Lipinski definition) is 2. The van der Waals surface area contributed by atoms with Crippen LogP contribution in [-0.4, -0.2) is 71.6 Å². The van der Waals surface area contributed by atoms with Gasteiger partial charge in [-0.1, -0.05) is 84.0 Å². The maximum atomic E-state index is 12.2. The normalized spacial score (nSPS) is 13.2. The summed E-state index contributed by atoms with van der Waals surface area (Å²) in [5.74, 6) is -5.58. The predicted molar refractivity (Wildman–Crippen MR) is 137 cm³/mol. The highest BCUT2D eigenvalue weighted by Gasteiger charge is 2.41. The van der Waals surface area contributed by atoms with Gasteiger partial charge in [-0.15, -0.1) is 0 Å². The van der Waals surface area contributed by atoms with Crippen LogP contribution in [-0.2, 0) is 42.9 Å². The first-order chi connectivity index (χ1) is 18.1. The average Bonchev–Trinajstić information content (AvgIpc) is 2.85. The number of unbranched alkanes of at least 4 members (excludes halogenated alkanes) is 12.